The molecule has 4 nitrogen and oxygen atoms in total. The molecule has 0 aliphatic heterocycles. The van der Waals surface area contributed by atoms with Crippen molar-refractivity contribution in [1.29, 1.82) is 0 Å². The summed E-state index contributed by atoms with van der Waals surface area (Å²) in [5.41, 5.74) is 7.46. The fraction of sp³-hybridized carbons (Fsp3) is 0.100. The van der Waals surface area contributed by atoms with E-state index < -0.39 is 0 Å². The predicted molar refractivity (Wildman–Crippen MR) is 70.1 cm³/mol. The van der Waals surface area contributed by atoms with Crippen LogP contribution in [0.3, 0.4) is 0 Å². The van der Waals surface area contributed by atoms with Crippen molar-refractivity contribution in [1.82, 2.24) is 9.78 Å². The van der Waals surface area contributed by atoms with Gasteiger partial charge in [-0.3, -0.25) is 4.68 Å². The summed E-state index contributed by atoms with van der Waals surface area (Å²) in [6.07, 6.45) is 1.90. The van der Waals surface area contributed by atoms with Crippen molar-refractivity contribution in [2.45, 2.75) is 0 Å². The van der Waals surface area contributed by atoms with E-state index in [0.29, 0.717) is 0 Å². The number of nitrogens with one attached hydrogen (secondary N) is 1. The highest BCUT2D eigenvalue weighted by Crippen LogP contribution is 2.23. The number of aromatic nitrogens is 2. The molecule has 0 aliphatic carbocycles. The molecule has 3 N–H and O–H groups in total. The van der Waals surface area contributed by atoms with Crippen molar-refractivity contribution in [3.8, 4) is 0 Å². The Morgan fingerprint density at radius 1 is 1.40 bits per heavy atom. The van der Waals surface area contributed by atoms with Crippen molar-refractivity contribution < 1.29 is 0 Å². The molecule has 5 heteroatoms. The van der Waals surface area contributed by atoms with Crippen LogP contribution in [0, 0.1) is 3.57 Å². The number of aryl methyl sites for hydroxylation is 1. The van der Waals surface area contributed by atoms with E-state index in [9.17, 15) is 0 Å². The van der Waals surface area contributed by atoms with E-state index in [-0.39, 0.29) is 0 Å². The Morgan fingerprint density at radius 2 is 2.20 bits per heavy atom. The molecule has 0 amide bonds. The third-order valence-corrected chi connectivity index (χ3v) is 2.86. The molecule has 2 rings (SSSR count). The zero-order chi connectivity index (χ0) is 10.8. The van der Waals surface area contributed by atoms with Gasteiger partial charge in [0.25, 0.3) is 0 Å². The van der Waals surface area contributed by atoms with Gasteiger partial charge in [-0.2, -0.15) is 5.10 Å². The van der Waals surface area contributed by atoms with Crippen LogP contribution in [0.4, 0.5) is 17.2 Å². The number of benzene rings is 1. The molecule has 15 heavy (non-hydrogen) atoms. The molecular weight excluding hydrogens is 303 g/mol. The molecule has 1 heterocycles. The molecule has 1 aromatic heterocycles. The Hall–Kier alpha value is -1.24. The summed E-state index contributed by atoms with van der Waals surface area (Å²) in [5, 5.41) is 7.47. The Morgan fingerprint density at radius 3 is 2.80 bits per heavy atom. The second-order valence-corrected chi connectivity index (χ2v) is 4.40. The first-order valence-corrected chi connectivity index (χ1v) is 5.55. The van der Waals surface area contributed by atoms with Crippen molar-refractivity contribution >= 4 is 39.8 Å². The highest BCUT2D eigenvalue weighted by molar-refractivity contribution is 14.1. The number of hydrogen-bond acceptors (Lipinski definition) is 3. The first-order chi connectivity index (χ1) is 7.15. The molecule has 0 saturated heterocycles. The minimum Gasteiger partial charge on any atom is -0.399 e. The molecule has 78 valence electrons. The minimum absolute atomic E-state index is 0.769. The molecule has 0 radical (unpaired) electrons. The average Bonchev–Trinajstić information content (AvgIpc) is 2.56. The van der Waals surface area contributed by atoms with Gasteiger partial charge < -0.3 is 11.1 Å². The number of hydrogen-bond donors (Lipinski definition) is 2. The number of nitrogen functional groups attached to an aromatic ring is 1. The van der Waals surface area contributed by atoms with Crippen LogP contribution in [-0.2, 0) is 7.05 Å². The summed E-state index contributed by atoms with van der Waals surface area (Å²) in [6.45, 7) is 0. The average molecular weight is 314 g/mol. The molecule has 0 unspecified atom stereocenters. The summed E-state index contributed by atoms with van der Waals surface area (Å²) in [4.78, 5) is 0. The maximum absolute atomic E-state index is 5.67. The van der Waals surface area contributed by atoms with Gasteiger partial charge in [0, 0.05) is 28.6 Å². The topological polar surface area (TPSA) is 55.9 Å². The Labute approximate surface area is 102 Å². The summed E-state index contributed by atoms with van der Waals surface area (Å²) in [5.74, 6) is 0.834. The molecule has 2 aromatic rings. The molecule has 1 aromatic carbocycles. The second-order valence-electron chi connectivity index (χ2n) is 3.24. The number of nitrogens with zero attached hydrogens (tertiary/aromatic N) is 2. The Balaban J connectivity index is 2.24. The smallest absolute Gasteiger partial charge is 0.152 e. The van der Waals surface area contributed by atoms with Crippen LogP contribution >= 0.6 is 22.6 Å². The Kier molecular flexibility index (Phi) is 2.81. The largest absolute Gasteiger partial charge is 0.399 e. The maximum atomic E-state index is 5.67. The summed E-state index contributed by atoms with van der Waals surface area (Å²) in [6, 6.07) is 7.66. The van der Waals surface area contributed by atoms with Gasteiger partial charge in [-0.05, 0) is 40.8 Å². The van der Waals surface area contributed by atoms with E-state index in [0.717, 1.165) is 20.8 Å². The molecule has 0 fully saturated rings. The van der Waals surface area contributed by atoms with Crippen LogP contribution < -0.4 is 11.1 Å². The first kappa shape index (κ1) is 10.3. The van der Waals surface area contributed by atoms with Crippen LogP contribution in [0.1, 0.15) is 0 Å². The normalized spacial score (nSPS) is 10.3. The lowest BCUT2D eigenvalue weighted by Crippen LogP contribution is -1.96. The van der Waals surface area contributed by atoms with Gasteiger partial charge in [-0.15, -0.1) is 0 Å². The third-order valence-electron chi connectivity index (χ3n) is 1.97. The molecular formula is C10H11IN4. The molecule has 0 aliphatic rings. The SMILES string of the molecule is Cn1ccc(Nc2ccc(N)cc2I)n1. The van der Waals surface area contributed by atoms with Crippen molar-refractivity contribution in [2.24, 2.45) is 7.05 Å². The van der Waals surface area contributed by atoms with Gasteiger partial charge in [0.1, 0.15) is 0 Å². The summed E-state index contributed by atoms with van der Waals surface area (Å²) >= 11 is 2.24. The van der Waals surface area contributed by atoms with E-state index in [4.69, 9.17) is 5.73 Å². The van der Waals surface area contributed by atoms with Crippen molar-refractivity contribution in [3.63, 3.8) is 0 Å². The quantitative estimate of drug-likeness (QED) is 0.661. The lowest BCUT2D eigenvalue weighted by atomic mass is 10.3. The zero-order valence-corrected chi connectivity index (χ0v) is 10.4. The van der Waals surface area contributed by atoms with Crippen LogP contribution in [0.5, 0.6) is 0 Å². The van der Waals surface area contributed by atoms with Gasteiger partial charge in [0.2, 0.25) is 0 Å². The number of nitrogens with two attached hydrogens (primary N) is 1. The van der Waals surface area contributed by atoms with E-state index in [2.05, 4.69) is 33.0 Å². The third kappa shape index (κ3) is 2.41. The van der Waals surface area contributed by atoms with Crippen LogP contribution in [0.25, 0.3) is 0 Å². The lowest BCUT2D eigenvalue weighted by molar-refractivity contribution is 0.771. The number of halogens is 1. The Bertz CT molecular complexity index is 478. The van der Waals surface area contributed by atoms with Gasteiger partial charge in [-0.25, -0.2) is 0 Å². The number of rotatable bonds is 2. The van der Waals surface area contributed by atoms with Crippen LogP contribution in [-0.4, -0.2) is 9.78 Å². The van der Waals surface area contributed by atoms with Gasteiger partial charge in [-0.1, -0.05) is 0 Å². The second kappa shape index (κ2) is 4.09. The maximum Gasteiger partial charge on any atom is 0.152 e. The van der Waals surface area contributed by atoms with Crippen LogP contribution in [0.2, 0.25) is 0 Å². The molecule has 0 atom stereocenters. The summed E-state index contributed by atoms with van der Waals surface area (Å²) in [7, 11) is 1.89. The number of anilines is 3. The van der Waals surface area contributed by atoms with Crippen molar-refractivity contribution in [2.75, 3.05) is 11.1 Å². The first-order valence-electron chi connectivity index (χ1n) is 4.47. The minimum atomic E-state index is 0.769. The van der Waals surface area contributed by atoms with Gasteiger partial charge in [0.05, 0.1) is 5.69 Å². The molecule has 0 saturated carbocycles. The van der Waals surface area contributed by atoms with E-state index >= 15 is 0 Å². The van der Waals surface area contributed by atoms with Crippen LogP contribution in [0.15, 0.2) is 30.5 Å². The lowest BCUT2D eigenvalue weighted by Gasteiger charge is -2.06. The zero-order valence-electron chi connectivity index (χ0n) is 8.24. The van der Waals surface area contributed by atoms with E-state index in [1.165, 1.54) is 0 Å². The monoisotopic (exact) mass is 314 g/mol. The van der Waals surface area contributed by atoms with E-state index in [1.807, 2.05) is 37.5 Å². The standard InChI is InChI=1S/C10H11IN4/c1-15-5-4-10(14-15)13-9-3-2-7(12)6-8(9)11/h2-6H,12H2,1H3,(H,13,14). The fourth-order valence-corrected chi connectivity index (χ4v) is 1.93. The van der Waals surface area contributed by atoms with Gasteiger partial charge >= 0.3 is 0 Å². The highest BCUT2D eigenvalue weighted by Gasteiger charge is 2.02. The van der Waals surface area contributed by atoms with Gasteiger partial charge in [0.15, 0.2) is 5.82 Å². The van der Waals surface area contributed by atoms with E-state index in [1.54, 1.807) is 4.68 Å². The van der Waals surface area contributed by atoms with Crippen molar-refractivity contribution in [3.05, 3.63) is 34.0 Å². The summed E-state index contributed by atoms with van der Waals surface area (Å²) < 4.78 is 2.84. The molecule has 0 spiro atoms. The highest BCUT2D eigenvalue weighted by atomic mass is 127. The molecule has 0 bridgehead atoms. The fourth-order valence-electron chi connectivity index (χ4n) is 1.25. The predicted octanol–water partition coefficient (Wildman–Crippen LogP) is 2.35.